The van der Waals surface area contributed by atoms with Gasteiger partial charge in [0.15, 0.2) is 6.29 Å². The number of ether oxygens (including phenoxy) is 3. The molecule has 3 nitrogen and oxygen atoms in total. The molecule has 1 aromatic rings. The third-order valence-corrected chi connectivity index (χ3v) is 1.99. The van der Waals surface area contributed by atoms with Gasteiger partial charge in [-0.15, -0.1) is 0 Å². The van der Waals surface area contributed by atoms with Crippen LogP contribution >= 0.6 is 0 Å². The summed E-state index contributed by atoms with van der Waals surface area (Å²) >= 11 is 0. The normalized spacial score (nSPS) is 17.6. The number of hydrogen-bond donors (Lipinski definition) is 0. The topological polar surface area (TPSA) is 27.7 Å². The van der Waals surface area contributed by atoms with Crippen LogP contribution in [0.3, 0.4) is 0 Å². The van der Waals surface area contributed by atoms with Gasteiger partial charge in [-0.25, -0.2) is 0 Å². The second kappa shape index (κ2) is 3.77. The number of methoxy groups -OCH3 is 1. The van der Waals surface area contributed by atoms with Crippen molar-refractivity contribution in [3.63, 3.8) is 0 Å². The van der Waals surface area contributed by atoms with Crippen LogP contribution in [0.2, 0.25) is 0 Å². The van der Waals surface area contributed by atoms with E-state index in [1.807, 2.05) is 24.3 Å². The Morgan fingerprint density at radius 3 is 2.77 bits per heavy atom. The van der Waals surface area contributed by atoms with Gasteiger partial charge >= 0.3 is 0 Å². The van der Waals surface area contributed by atoms with Crippen LogP contribution in [-0.2, 0) is 9.47 Å². The molecule has 0 atom stereocenters. The van der Waals surface area contributed by atoms with Gasteiger partial charge in [0, 0.05) is 5.56 Å². The van der Waals surface area contributed by atoms with Crippen LogP contribution in [0.5, 0.6) is 5.75 Å². The lowest BCUT2D eigenvalue weighted by Crippen LogP contribution is -1.97. The molecule has 0 aromatic heterocycles. The van der Waals surface area contributed by atoms with Crippen molar-refractivity contribution in [3.05, 3.63) is 29.8 Å². The molecule has 0 radical (unpaired) electrons. The van der Waals surface area contributed by atoms with Crippen molar-refractivity contribution in [2.45, 2.75) is 6.29 Å². The second-order valence-electron chi connectivity index (χ2n) is 2.85. The van der Waals surface area contributed by atoms with E-state index < -0.39 is 0 Å². The van der Waals surface area contributed by atoms with E-state index in [0.717, 1.165) is 11.3 Å². The van der Waals surface area contributed by atoms with E-state index in [1.165, 1.54) is 0 Å². The first-order valence-corrected chi connectivity index (χ1v) is 4.27. The zero-order valence-corrected chi connectivity index (χ0v) is 7.53. The van der Waals surface area contributed by atoms with E-state index in [9.17, 15) is 0 Å². The summed E-state index contributed by atoms with van der Waals surface area (Å²) in [7, 11) is 1.65. The van der Waals surface area contributed by atoms with Gasteiger partial charge in [-0.05, 0) is 12.1 Å². The smallest absolute Gasteiger partial charge is 0.184 e. The lowest BCUT2D eigenvalue weighted by molar-refractivity contribution is -0.0442. The molecular formula is C10H12O3. The molecule has 1 fully saturated rings. The molecule has 70 valence electrons. The van der Waals surface area contributed by atoms with Crippen LogP contribution in [0.25, 0.3) is 0 Å². The van der Waals surface area contributed by atoms with Crippen LogP contribution < -0.4 is 4.74 Å². The maximum atomic E-state index is 5.36. The van der Waals surface area contributed by atoms with E-state index in [1.54, 1.807) is 7.11 Å². The molecule has 1 aliphatic rings. The Kier molecular flexibility index (Phi) is 2.47. The van der Waals surface area contributed by atoms with Crippen molar-refractivity contribution in [3.8, 4) is 5.75 Å². The molecule has 1 saturated heterocycles. The summed E-state index contributed by atoms with van der Waals surface area (Å²) in [5.74, 6) is 0.830. The van der Waals surface area contributed by atoms with Crippen molar-refractivity contribution in [2.24, 2.45) is 0 Å². The summed E-state index contributed by atoms with van der Waals surface area (Å²) in [5.41, 5.74) is 1.01. The van der Waals surface area contributed by atoms with Crippen LogP contribution in [0.15, 0.2) is 24.3 Å². The van der Waals surface area contributed by atoms with Crippen molar-refractivity contribution < 1.29 is 14.2 Å². The fraction of sp³-hybridized carbons (Fsp3) is 0.400. The predicted molar refractivity (Wildman–Crippen MR) is 47.6 cm³/mol. The molecule has 1 aromatic carbocycles. The van der Waals surface area contributed by atoms with Crippen LogP contribution in [0, 0.1) is 0 Å². The Balaban J connectivity index is 2.18. The summed E-state index contributed by atoms with van der Waals surface area (Å²) < 4.78 is 15.8. The standard InChI is InChI=1S/C10H12O3/c1-11-9-4-2-3-8(7-9)10-12-5-6-13-10/h2-4,7,10H,5-6H2,1H3. The minimum absolute atomic E-state index is 0.213. The Morgan fingerprint density at radius 1 is 1.31 bits per heavy atom. The summed E-state index contributed by atoms with van der Waals surface area (Å²) in [6, 6.07) is 7.73. The van der Waals surface area contributed by atoms with E-state index in [0.29, 0.717) is 13.2 Å². The molecule has 1 aliphatic heterocycles. The molecule has 1 heterocycles. The summed E-state index contributed by atoms with van der Waals surface area (Å²) in [4.78, 5) is 0. The minimum atomic E-state index is -0.213. The number of hydrogen-bond acceptors (Lipinski definition) is 3. The molecule has 0 N–H and O–H groups in total. The molecule has 0 amide bonds. The number of rotatable bonds is 2. The SMILES string of the molecule is COc1cccc(C2OCCO2)c1. The Hall–Kier alpha value is -1.06. The Bertz CT molecular complexity index is 279. The third kappa shape index (κ3) is 1.82. The first-order valence-electron chi connectivity index (χ1n) is 4.27. The Morgan fingerprint density at radius 2 is 2.08 bits per heavy atom. The van der Waals surface area contributed by atoms with E-state index >= 15 is 0 Å². The van der Waals surface area contributed by atoms with E-state index in [2.05, 4.69) is 0 Å². The second-order valence-corrected chi connectivity index (χ2v) is 2.85. The fourth-order valence-electron chi connectivity index (χ4n) is 1.34. The minimum Gasteiger partial charge on any atom is -0.497 e. The monoisotopic (exact) mass is 180 g/mol. The van der Waals surface area contributed by atoms with Crippen molar-refractivity contribution in [1.82, 2.24) is 0 Å². The zero-order chi connectivity index (χ0) is 9.10. The average molecular weight is 180 g/mol. The van der Waals surface area contributed by atoms with Gasteiger partial charge in [-0.3, -0.25) is 0 Å². The van der Waals surface area contributed by atoms with E-state index in [4.69, 9.17) is 14.2 Å². The maximum absolute atomic E-state index is 5.36. The summed E-state index contributed by atoms with van der Waals surface area (Å²) in [5, 5.41) is 0. The zero-order valence-electron chi connectivity index (χ0n) is 7.53. The molecule has 0 aliphatic carbocycles. The molecule has 0 spiro atoms. The van der Waals surface area contributed by atoms with Crippen molar-refractivity contribution in [2.75, 3.05) is 20.3 Å². The average Bonchev–Trinajstić information content (AvgIpc) is 2.71. The molecular weight excluding hydrogens is 168 g/mol. The highest BCUT2D eigenvalue weighted by Crippen LogP contribution is 2.25. The number of benzene rings is 1. The highest BCUT2D eigenvalue weighted by Gasteiger charge is 2.18. The van der Waals surface area contributed by atoms with Gasteiger partial charge in [-0.1, -0.05) is 12.1 Å². The van der Waals surface area contributed by atoms with Gasteiger partial charge in [0.1, 0.15) is 5.75 Å². The third-order valence-electron chi connectivity index (χ3n) is 1.99. The highest BCUT2D eigenvalue weighted by atomic mass is 16.7. The largest absolute Gasteiger partial charge is 0.497 e. The molecule has 2 rings (SSSR count). The highest BCUT2D eigenvalue weighted by molar-refractivity contribution is 5.29. The van der Waals surface area contributed by atoms with E-state index in [-0.39, 0.29) is 6.29 Å². The predicted octanol–water partition coefficient (Wildman–Crippen LogP) is 1.74. The molecule has 0 bridgehead atoms. The molecule has 13 heavy (non-hydrogen) atoms. The molecule has 3 heteroatoms. The van der Waals surface area contributed by atoms with Crippen LogP contribution in [0.1, 0.15) is 11.9 Å². The van der Waals surface area contributed by atoms with Gasteiger partial charge in [0.2, 0.25) is 0 Å². The van der Waals surface area contributed by atoms with Gasteiger partial charge in [-0.2, -0.15) is 0 Å². The lowest BCUT2D eigenvalue weighted by atomic mass is 10.2. The quantitative estimate of drug-likeness (QED) is 0.693. The van der Waals surface area contributed by atoms with Crippen molar-refractivity contribution in [1.29, 1.82) is 0 Å². The first-order chi connectivity index (χ1) is 6.40. The summed E-state index contributed by atoms with van der Waals surface area (Å²) in [6.45, 7) is 1.34. The summed E-state index contributed by atoms with van der Waals surface area (Å²) in [6.07, 6.45) is -0.213. The fourth-order valence-corrected chi connectivity index (χ4v) is 1.34. The van der Waals surface area contributed by atoms with Gasteiger partial charge in [0.05, 0.1) is 20.3 Å². The van der Waals surface area contributed by atoms with Gasteiger partial charge < -0.3 is 14.2 Å². The van der Waals surface area contributed by atoms with Gasteiger partial charge in [0.25, 0.3) is 0 Å². The first kappa shape index (κ1) is 8.53. The molecule has 0 saturated carbocycles. The maximum Gasteiger partial charge on any atom is 0.184 e. The van der Waals surface area contributed by atoms with Crippen LogP contribution in [0.4, 0.5) is 0 Å². The Labute approximate surface area is 77.2 Å². The van der Waals surface area contributed by atoms with Crippen molar-refractivity contribution >= 4 is 0 Å². The lowest BCUT2D eigenvalue weighted by Gasteiger charge is -2.09. The van der Waals surface area contributed by atoms with Crippen LogP contribution in [-0.4, -0.2) is 20.3 Å². The molecule has 0 unspecified atom stereocenters.